The molecule has 7 heteroatoms. The maximum absolute atomic E-state index is 13.8. The molecule has 0 aliphatic rings. The van der Waals surface area contributed by atoms with Gasteiger partial charge in [0.2, 0.25) is 0 Å². The molecule has 1 unspecified atom stereocenters. The minimum atomic E-state index is -0.233. The van der Waals surface area contributed by atoms with Gasteiger partial charge in [-0.3, -0.25) is 0 Å². The third-order valence-corrected chi connectivity index (χ3v) is 5.40. The molecule has 0 spiro atoms. The number of aromatic nitrogens is 3. The smallest absolute Gasteiger partial charge is 0.178 e. The van der Waals surface area contributed by atoms with Gasteiger partial charge in [0.1, 0.15) is 10.8 Å². The molecule has 0 aliphatic heterocycles. The highest BCUT2D eigenvalue weighted by Gasteiger charge is 2.17. The number of hydrogen-bond acceptors (Lipinski definition) is 3. The summed E-state index contributed by atoms with van der Waals surface area (Å²) < 4.78 is 16.9. The minimum absolute atomic E-state index is 0.0191. The Morgan fingerprint density at radius 2 is 2.25 bits per heavy atom. The van der Waals surface area contributed by atoms with Gasteiger partial charge in [-0.15, -0.1) is 11.3 Å². The van der Waals surface area contributed by atoms with Crippen molar-refractivity contribution in [2.75, 3.05) is 0 Å². The van der Waals surface area contributed by atoms with Crippen LogP contribution >= 0.6 is 46.1 Å². The number of aromatic amines is 1. The van der Waals surface area contributed by atoms with Gasteiger partial charge in [0.25, 0.3) is 0 Å². The molecule has 0 radical (unpaired) electrons. The van der Waals surface area contributed by atoms with Crippen molar-refractivity contribution in [3.05, 3.63) is 42.4 Å². The van der Waals surface area contributed by atoms with E-state index in [1.807, 2.05) is 46.4 Å². The van der Waals surface area contributed by atoms with E-state index in [-0.39, 0.29) is 11.9 Å². The van der Waals surface area contributed by atoms with E-state index in [4.69, 9.17) is 12.2 Å². The molecule has 0 bridgehead atoms. The van der Waals surface area contributed by atoms with Crippen LogP contribution in [0.25, 0.3) is 11.0 Å². The fourth-order valence-electron chi connectivity index (χ4n) is 2.18. The number of fused-ring (bicyclic) bond motifs is 1. The lowest BCUT2D eigenvalue weighted by Gasteiger charge is -2.12. The predicted octanol–water partition coefficient (Wildman–Crippen LogP) is 4.82. The zero-order valence-corrected chi connectivity index (χ0v) is 14.6. The molecule has 1 N–H and O–H groups in total. The number of H-pyrrole nitrogens is 1. The molecule has 1 atom stereocenters. The second kappa shape index (κ2) is 5.19. The molecule has 20 heavy (non-hydrogen) atoms. The van der Waals surface area contributed by atoms with Crippen LogP contribution in [0.3, 0.4) is 0 Å². The molecule has 104 valence electrons. The molecular formula is C13H11FIN3S2. The van der Waals surface area contributed by atoms with Crippen LogP contribution in [0.15, 0.2) is 17.5 Å². The molecule has 0 saturated carbocycles. The Hall–Kier alpha value is -0.800. The first-order valence-electron chi connectivity index (χ1n) is 5.98. The fourth-order valence-corrected chi connectivity index (χ4v) is 3.86. The van der Waals surface area contributed by atoms with Crippen molar-refractivity contribution in [1.29, 1.82) is 0 Å². The summed E-state index contributed by atoms with van der Waals surface area (Å²) in [5, 5.41) is 2.98. The van der Waals surface area contributed by atoms with E-state index in [2.05, 4.69) is 9.97 Å². The van der Waals surface area contributed by atoms with Crippen LogP contribution in [0.5, 0.6) is 0 Å². The lowest BCUT2D eigenvalue weighted by atomic mass is 10.2. The monoisotopic (exact) mass is 419 g/mol. The molecule has 0 saturated heterocycles. The van der Waals surface area contributed by atoms with Crippen molar-refractivity contribution < 1.29 is 4.39 Å². The van der Waals surface area contributed by atoms with Crippen LogP contribution < -0.4 is 0 Å². The van der Waals surface area contributed by atoms with Gasteiger partial charge < -0.3 is 9.55 Å². The molecule has 3 aromatic rings. The van der Waals surface area contributed by atoms with Crippen molar-refractivity contribution in [2.24, 2.45) is 0 Å². The van der Waals surface area contributed by atoms with E-state index < -0.39 is 0 Å². The van der Waals surface area contributed by atoms with E-state index in [1.54, 1.807) is 17.4 Å². The van der Waals surface area contributed by atoms with E-state index in [1.165, 1.54) is 6.07 Å². The normalized spacial score (nSPS) is 13.0. The minimum Gasteiger partial charge on any atom is -0.331 e. The molecular weight excluding hydrogens is 408 g/mol. The third kappa shape index (κ3) is 2.31. The Morgan fingerprint density at radius 3 is 2.90 bits per heavy atom. The van der Waals surface area contributed by atoms with Crippen LogP contribution in [0.1, 0.15) is 23.7 Å². The highest BCUT2D eigenvalue weighted by molar-refractivity contribution is 14.1. The van der Waals surface area contributed by atoms with Gasteiger partial charge in [-0.1, -0.05) is 0 Å². The summed E-state index contributed by atoms with van der Waals surface area (Å²) in [6.45, 7) is 3.99. The van der Waals surface area contributed by atoms with Crippen LogP contribution in [0, 0.1) is 21.1 Å². The summed E-state index contributed by atoms with van der Waals surface area (Å²) in [4.78, 5) is 7.63. The van der Waals surface area contributed by atoms with Gasteiger partial charge >= 0.3 is 0 Å². The maximum Gasteiger partial charge on any atom is 0.178 e. The average Bonchev–Trinajstić information content (AvgIpc) is 2.93. The Balaban J connectivity index is 2.23. The summed E-state index contributed by atoms with van der Waals surface area (Å²) in [5.74, 6) is -0.233. The van der Waals surface area contributed by atoms with E-state index in [9.17, 15) is 4.39 Å². The lowest BCUT2D eigenvalue weighted by molar-refractivity contribution is 0.615. The first-order chi connectivity index (χ1) is 9.47. The first-order valence-corrected chi connectivity index (χ1v) is 8.35. The summed E-state index contributed by atoms with van der Waals surface area (Å²) >= 11 is 8.95. The zero-order chi connectivity index (χ0) is 14.4. The van der Waals surface area contributed by atoms with Crippen LogP contribution in [0.2, 0.25) is 0 Å². The SMILES string of the molecule is Cc1csc(C(C)n2c(=S)[nH]c3cc(I)c(F)cc32)n1. The second-order valence-corrected chi connectivity index (χ2v) is 7.03. The molecule has 2 aromatic heterocycles. The van der Waals surface area contributed by atoms with Gasteiger partial charge in [-0.25, -0.2) is 9.37 Å². The topological polar surface area (TPSA) is 33.6 Å². The summed E-state index contributed by atoms with van der Waals surface area (Å²) in [7, 11) is 0. The third-order valence-electron chi connectivity index (χ3n) is 3.14. The van der Waals surface area contributed by atoms with Crippen molar-refractivity contribution in [3.63, 3.8) is 0 Å². The van der Waals surface area contributed by atoms with E-state index in [0.717, 1.165) is 21.7 Å². The number of halogens is 2. The van der Waals surface area contributed by atoms with E-state index in [0.29, 0.717) is 8.34 Å². The quantitative estimate of drug-likeness (QED) is 0.478. The largest absolute Gasteiger partial charge is 0.331 e. The van der Waals surface area contributed by atoms with Gasteiger partial charge in [-0.2, -0.15) is 0 Å². The Labute approximate surface area is 138 Å². The zero-order valence-electron chi connectivity index (χ0n) is 10.8. The van der Waals surface area contributed by atoms with Crippen molar-refractivity contribution in [2.45, 2.75) is 19.9 Å². The Bertz CT molecular complexity index is 849. The van der Waals surface area contributed by atoms with Crippen LogP contribution in [0.4, 0.5) is 4.39 Å². The fraction of sp³-hybridized carbons (Fsp3) is 0.231. The van der Waals surface area contributed by atoms with Crippen molar-refractivity contribution in [3.8, 4) is 0 Å². The van der Waals surface area contributed by atoms with Crippen LogP contribution in [-0.4, -0.2) is 14.5 Å². The average molecular weight is 419 g/mol. The summed E-state index contributed by atoms with van der Waals surface area (Å²) in [6.07, 6.45) is 0. The number of hydrogen-bond donors (Lipinski definition) is 1. The highest BCUT2D eigenvalue weighted by Crippen LogP contribution is 2.28. The Morgan fingerprint density at radius 1 is 1.50 bits per heavy atom. The van der Waals surface area contributed by atoms with Crippen molar-refractivity contribution in [1.82, 2.24) is 14.5 Å². The number of nitrogens with zero attached hydrogens (tertiary/aromatic N) is 2. The standard InChI is InChI=1S/C13H11FIN3S2/c1-6-5-20-12(16-6)7(2)18-11-3-8(14)9(15)4-10(11)17-13(18)19/h3-5,7H,1-2H3,(H,17,19). The summed E-state index contributed by atoms with van der Waals surface area (Å²) in [6, 6.07) is 3.28. The molecule has 0 aliphatic carbocycles. The van der Waals surface area contributed by atoms with Crippen LogP contribution in [-0.2, 0) is 0 Å². The first kappa shape index (κ1) is 14.2. The molecule has 0 amide bonds. The van der Waals surface area contributed by atoms with Gasteiger partial charge in [0.05, 0.1) is 20.6 Å². The number of thiazole rings is 1. The number of rotatable bonds is 2. The molecule has 3 rings (SSSR count). The second-order valence-electron chi connectivity index (χ2n) is 4.59. The number of benzene rings is 1. The van der Waals surface area contributed by atoms with Gasteiger partial charge in [0.15, 0.2) is 4.77 Å². The van der Waals surface area contributed by atoms with Gasteiger partial charge in [0, 0.05) is 17.1 Å². The predicted molar refractivity (Wildman–Crippen MR) is 90.5 cm³/mol. The number of nitrogens with one attached hydrogen (secondary N) is 1. The Kier molecular flexibility index (Phi) is 3.67. The van der Waals surface area contributed by atoms with E-state index >= 15 is 0 Å². The number of aryl methyl sites for hydroxylation is 1. The maximum atomic E-state index is 13.8. The lowest BCUT2D eigenvalue weighted by Crippen LogP contribution is -2.06. The summed E-state index contributed by atoms with van der Waals surface area (Å²) in [5.41, 5.74) is 2.61. The number of imidazole rings is 1. The molecule has 0 fully saturated rings. The van der Waals surface area contributed by atoms with Crippen molar-refractivity contribution >= 4 is 57.2 Å². The molecule has 1 aromatic carbocycles. The molecule has 3 nitrogen and oxygen atoms in total. The van der Waals surface area contributed by atoms with Gasteiger partial charge in [-0.05, 0) is 54.7 Å². The molecule has 2 heterocycles. The highest BCUT2D eigenvalue weighted by atomic mass is 127.